The van der Waals surface area contributed by atoms with Gasteiger partial charge < -0.3 is 9.47 Å². The van der Waals surface area contributed by atoms with Gasteiger partial charge in [-0.3, -0.25) is 0 Å². The molecular formula is C13H15NO2. The Morgan fingerprint density at radius 1 is 1.31 bits per heavy atom. The van der Waals surface area contributed by atoms with Crippen LogP contribution in [0.2, 0.25) is 0 Å². The molecule has 16 heavy (non-hydrogen) atoms. The molecule has 1 aromatic rings. The van der Waals surface area contributed by atoms with Crippen LogP contribution in [-0.2, 0) is 11.3 Å². The first kappa shape index (κ1) is 11.0. The number of hydrogen-bond donors (Lipinski definition) is 0. The molecule has 0 saturated heterocycles. The molecule has 0 radical (unpaired) electrons. The van der Waals surface area contributed by atoms with Crippen LogP contribution in [0.3, 0.4) is 0 Å². The van der Waals surface area contributed by atoms with Crippen LogP contribution in [0, 0.1) is 11.3 Å². The number of rotatable bonds is 5. The summed E-state index contributed by atoms with van der Waals surface area (Å²) in [5.41, 5.74) is 0.972. The van der Waals surface area contributed by atoms with Gasteiger partial charge in [-0.15, -0.1) is 0 Å². The summed E-state index contributed by atoms with van der Waals surface area (Å²) in [6.45, 7) is 0.575. The zero-order chi connectivity index (χ0) is 11.4. The molecule has 1 aliphatic rings. The second-order valence-corrected chi connectivity index (χ2v) is 4.15. The highest BCUT2D eigenvalue weighted by molar-refractivity contribution is 5.26. The van der Waals surface area contributed by atoms with Gasteiger partial charge in [0, 0.05) is 0 Å². The number of ether oxygens (including phenoxy) is 2. The minimum Gasteiger partial charge on any atom is -0.497 e. The predicted molar refractivity (Wildman–Crippen MR) is 60.0 cm³/mol. The Hall–Kier alpha value is -1.53. The molecule has 0 heterocycles. The topological polar surface area (TPSA) is 42.2 Å². The van der Waals surface area contributed by atoms with E-state index in [4.69, 9.17) is 14.7 Å². The normalized spacial score (nSPS) is 16.5. The number of benzene rings is 1. The fraction of sp³-hybridized carbons (Fsp3) is 0.462. The van der Waals surface area contributed by atoms with Crippen molar-refractivity contribution in [3.8, 4) is 11.8 Å². The molecule has 1 fully saturated rings. The third kappa shape index (κ3) is 2.53. The van der Waals surface area contributed by atoms with Crippen LogP contribution in [-0.4, -0.2) is 12.7 Å². The van der Waals surface area contributed by atoms with Crippen LogP contribution in [0.1, 0.15) is 24.8 Å². The van der Waals surface area contributed by atoms with Crippen LogP contribution < -0.4 is 4.74 Å². The molecule has 1 saturated carbocycles. The molecule has 1 aliphatic carbocycles. The summed E-state index contributed by atoms with van der Waals surface area (Å²) in [4.78, 5) is 0. The van der Waals surface area contributed by atoms with Gasteiger partial charge in [-0.25, -0.2) is 0 Å². The second-order valence-electron chi connectivity index (χ2n) is 4.15. The van der Waals surface area contributed by atoms with Crippen molar-refractivity contribution in [2.45, 2.75) is 31.5 Å². The zero-order valence-corrected chi connectivity index (χ0v) is 9.40. The summed E-state index contributed by atoms with van der Waals surface area (Å²) in [6.07, 6.45) is 2.52. The lowest BCUT2D eigenvalue weighted by Gasteiger charge is -2.12. The van der Waals surface area contributed by atoms with Crippen molar-refractivity contribution in [2.24, 2.45) is 0 Å². The van der Waals surface area contributed by atoms with Crippen LogP contribution in [0.15, 0.2) is 24.3 Å². The molecule has 0 aromatic heterocycles. The molecule has 3 heteroatoms. The second kappa shape index (κ2) is 4.54. The maximum absolute atomic E-state index is 8.66. The van der Waals surface area contributed by atoms with Gasteiger partial charge >= 0.3 is 0 Å². The van der Waals surface area contributed by atoms with Crippen molar-refractivity contribution in [1.82, 2.24) is 0 Å². The SMILES string of the molecule is COc1ccc(COC2(CC#N)CC2)cc1. The summed E-state index contributed by atoms with van der Waals surface area (Å²) in [5, 5.41) is 8.66. The van der Waals surface area contributed by atoms with E-state index in [1.165, 1.54) is 0 Å². The lowest BCUT2D eigenvalue weighted by Crippen LogP contribution is -2.12. The number of nitriles is 1. The Kier molecular flexibility index (Phi) is 3.12. The van der Waals surface area contributed by atoms with Crippen LogP contribution >= 0.6 is 0 Å². The molecule has 1 aromatic carbocycles. The smallest absolute Gasteiger partial charge is 0.118 e. The maximum Gasteiger partial charge on any atom is 0.118 e. The first-order valence-electron chi connectivity index (χ1n) is 5.42. The third-order valence-corrected chi connectivity index (χ3v) is 2.91. The highest BCUT2D eigenvalue weighted by Gasteiger charge is 2.43. The van der Waals surface area contributed by atoms with E-state index in [1.807, 2.05) is 24.3 Å². The number of hydrogen-bond acceptors (Lipinski definition) is 3. The summed E-state index contributed by atoms with van der Waals surface area (Å²) < 4.78 is 10.9. The molecule has 3 nitrogen and oxygen atoms in total. The van der Waals surface area contributed by atoms with E-state index < -0.39 is 0 Å². The number of nitrogens with zero attached hydrogens (tertiary/aromatic N) is 1. The lowest BCUT2D eigenvalue weighted by molar-refractivity contribution is 0.0234. The minimum absolute atomic E-state index is 0.144. The van der Waals surface area contributed by atoms with Crippen molar-refractivity contribution in [2.75, 3.05) is 7.11 Å². The third-order valence-electron chi connectivity index (χ3n) is 2.91. The summed E-state index contributed by atoms with van der Waals surface area (Å²) in [6, 6.07) is 9.99. The maximum atomic E-state index is 8.66. The van der Waals surface area contributed by atoms with Gasteiger partial charge in [-0.05, 0) is 30.5 Å². The first-order valence-corrected chi connectivity index (χ1v) is 5.42. The molecule has 0 amide bonds. The highest BCUT2D eigenvalue weighted by atomic mass is 16.5. The van der Waals surface area contributed by atoms with Gasteiger partial charge in [0.05, 0.1) is 31.8 Å². The molecule has 0 bridgehead atoms. The van der Waals surface area contributed by atoms with E-state index in [2.05, 4.69) is 6.07 Å². The van der Waals surface area contributed by atoms with Crippen LogP contribution in [0.4, 0.5) is 0 Å². The van der Waals surface area contributed by atoms with E-state index in [1.54, 1.807) is 7.11 Å². The predicted octanol–water partition coefficient (Wildman–Crippen LogP) is 2.66. The molecule has 2 rings (SSSR count). The van der Waals surface area contributed by atoms with Gasteiger partial charge in [0.15, 0.2) is 0 Å². The molecule has 0 spiro atoms. The van der Waals surface area contributed by atoms with Crippen molar-refractivity contribution in [1.29, 1.82) is 5.26 Å². The Balaban J connectivity index is 1.88. The van der Waals surface area contributed by atoms with E-state index >= 15 is 0 Å². The largest absolute Gasteiger partial charge is 0.497 e. The highest BCUT2D eigenvalue weighted by Crippen LogP contribution is 2.43. The van der Waals surface area contributed by atoms with Crippen molar-refractivity contribution >= 4 is 0 Å². The molecule has 0 unspecified atom stereocenters. The average Bonchev–Trinajstić information content (AvgIpc) is 3.08. The Bertz CT molecular complexity index is 387. The van der Waals surface area contributed by atoms with E-state index in [-0.39, 0.29) is 5.60 Å². The van der Waals surface area contributed by atoms with Gasteiger partial charge in [-0.2, -0.15) is 5.26 Å². The van der Waals surface area contributed by atoms with Gasteiger partial charge in [0.1, 0.15) is 5.75 Å². The van der Waals surface area contributed by atoms with Gasteiger partial charge in [0.25, 0.3) is 0 Å². The van der Waals surface area contributed by atoms with Crippen LogP contribution in [0.25, 0.3) is 0 Å². The molecule has 0 atom stereocenters. The Labute approximate surface area is 95.6 Å². The Morgan fingerprint density at radius 2 is 2.00 bits per heavy atom. The first-order chi connectivity index (χ1) is 7.78. The van der Waals surface area contributed by atoms with E-state index in [0.717, 1.165) is 24.2 Å². The van der Waals surface area contributed by atoms with Crippen molar-refractivity contribution in [3.05, 3.63) is 29.8 Å². The lowest BCUT2D eigenvalue weighted by atomic mass is 10.2. The van der Waals surface area contributed by atoms with Crippen molar-refractivity contribution in [3.63, 3.8) is 0 Å². The fourth-order valence-corrected chi connectivity index (χ4v) is 1.61. The van der Waals surface area contributed by atoms with Gasteiger partial charge in [0.2, 0.25) is 0 Å². The molecule has 84 valence electrons. The summed E-state index contributed by atoms with van der Waals surface area (Å²) in [7, 11) is 1.65. The standard InChI is InChI=1S/C13H15NO2/c1-15-12-4-2-11(3-5-12)10-16-13(6-7-13)8-9-14/h2-5H,6-8,10H2,1H3. The van der Waals surface area contributed by atoms with Crippen LogP contribution in [0.5, 0.6) is 5.75 Å². The van der Waals surface area contributed by atoms with E-state index in [0.29, 0.717) is 13.0 Å². The minimum atomic E-state index is -0.144. The molecule has 0 aliphatic heterocycles. The Morgan fingerprint density at radius 3 is 2.50 bits per heavy atom. The van der Waals surface area contributed by atoms with Crippen molar-refractivity contribution < 1.29 is 9.47 Å². The summed E-state index contributed by atoms with van der Waals surface area (Å²) >= 11 is 0. The average molecular weight is 217 g/mol. The molecule has 0 N–H and O–H groups in total. The fourth-order valence-electron chi connectivity index (χ4n) is 1.61. The molecular weight excluding hydrogens is 202 g/mol. The monoisotopic (exact) mass is 217 g/mol. The quantitative estimate of drug-likeness (QED) is 0.761. The van der Waals surface area contributed by atoms with Gasteiger partial charge in [-0.1, -0.05) is 12.1 Å². The summed E-state index contributed by atoms with van der Waals surface area (Å²) in [5.74, 6) is 0.849. The zero-order valence-electron chi connectivity index (χ0n) is 9.40. The number of methoxy groups -OCH3 is 1. The van der Waals surface area contributed by atoms with E-state index in [9.17, 15) is 0 Å².